The van der Waals surface area contributed by atoms with E-state index >= 15 is 0 Å². The zero-order valence-electron chi connectivity index (χ0n) is 19.0. The largest absolute Gasteiger partial charge is 0.486 e. The van der Waals surface area contributed by atoms with E-state index in [9.17, 15) is 9.59 Å². The average molecular weight is 500 g/mol. The second-order valence-electron chi connectivity index (χ2n) is 7.67. The molecule has 0 fully saturated rings. The normalized spacial score (nSPS) is 12.0. The highest BCUT2D eigenvalue weighted by atomic mass is 32.2. The molecule has 0 saturated carbocycles. The smallest absolute Gasteiger partial charge is 0.325 e. The number of rotatable bonds is 6. The van der Waals surface area contributed by atoms with Crippen molar-refractivity contribution in [3.8, 4) is 34.0 Å². The molecule has 5 rings (SSSR count). The second kappa shape index (κ2) is 10.9. The van der Waals surface area contributed by atoms with Crippen LogP contribution in [0.4, 0.5) is 10.5 Å². The number of anilines is 1. The number of urea groups is 1. The third kappa shape index (κ3) is 5.61. The molecule has 3 amide bonds. The fourth-order valence-electron chi connectivity index (χ4n) is 3.54. The molecule has 0 saturated heterocycles. The molecule has 0 bridgehead atoms. The molecule has 3 aromatic carbocycles. The molecule has 0 atom stereocenters. The lowest BCUT2D eigenvalue weighted by Crippen LogP contribution is -2.35. The van der Waals surface area contributed by atoms with Gasteiger partial charge in [0.2, 0.25) is 11.1 Å². The third-order valence-corrected chi connectivity index (χ3v) is 5.98. The number of imide groups is 1. The first-order valence-corrected chi connectivity index (χ1v) is 12.1. The van der Waals surface area contributed by atoms with Gasteiger partial charge in [0.1, 0.15) is 24.6 Å². The van der Waals surface area contributed by atoms with Crippen LogP contribution in [0.25, 0.3) is 22.5 Å². The Bertz CT molecular complexity index is 1390. The highest BCUT2D eigenvalue weighted by molar-refractivity contribution is 7.99. The molecule has 9 nitrogen and oxygen atoms in total. The summed E-state index contributed by atoms with van der Waals surface area (Å²) in [5.74, 6) is 0.599. The molecule has 1 aliphatic heterocycles. The van der Waals surface area contributed by atoms with E-state index in [1.165, 1.54) is 0 Å². The van der Waals surface area contributed by atoms with Crippen LogP contribution in [0.15, 0.2) is 84.0 Å². The second-order valence-corrected chi connectivity index (χ2v) is 8.62. The van der Waals surface area contributed by atoms with Crippen molar-refractivity contribution in [2.75, 3.05) is 24.3 Å². The van der Waals surface area contributed by atoms with E-state index in [1.807, 2.05) is 60.7 Å². The minimum absolute atomic E-state index is 0.0604. The van der Waals surface area contributed by atoms with Crippen LogP contribution >= 0.6 is 11.8 Å². The van der Waals surface area contributed by atoms with Gasteiger partial charge in [-0.2, -0.15) is 0 Å². The minimum Gasteiger partial charge on any atom is -0.486 e. The number of carbonyl (C=O) groups is 2. The van der Waals surface area contributed by atoms with Gasteiger partial charge in [-0.3, -0.25) is 10.1 Å². The molecule has 2 heterocycles. The molecule has 0 spiro atoms. The van der Waals surface area contributed by atoms with E-state index < -0.39 is 11.9 Å². The summed E-state index contributed by atoms with van der Waals surface area (Å²) in [4.78, 5) is 29.3. The van der Waals surface area contributed by atoms with E-state index in [0.29, 0.717) is 46.9 Å². The Balaban J connectivity index is 1.23. The van der Waals surface area contributed by atoms with Crippen LogP contribution in [0.2, 0.25) is 0 Å². The zero-order valence-corrected chi connectivity index (χ0v) is 19.8. The zero-order chi connectivity index (χ0) is 24.7. The number of ether oxygens (including phenoxy) is 2. The van der Waals surface area contributed by atoms with Gasteiger partial charge in [-0.1, -0.05) is 72.4 Å². The van der Waals surface area contributed by atoms with E-state index in [1.54, 1.807) is 18.2 Å². The Morgan fingerprint density at radius 3 is 2.19 bits per heavy atom. The monoisotopic (exact) mass is 499 g/mol. The van der Waals surface area contributed by atoms with E-state index in [0.717, 1.165) is 22.9 Å². The summed E-state index contributed by atoms with van der Waals surface area (Å²) in [6.45, 7) is 0.918. The Labute approximate surface area is 211 Å². The summed E-state index contributed by atoms with van der Waals surface area (Å²) in [6.07, 6.45) is 0. The quantitative estimate of drug-likeness (QED) is 0.375. The number of hydrogen-bond donors (Lipinski definition) is 2. The predicted molar refractivity (Wildman–Crippen MR) is 136 cm³/mol. The number of carbonyl (C=O) groups excluding carboxylic acids is 2. The van der Waals surface area contributed by atoms with Gasteiger partial charge < -0.3 is 14.8 Å². The van der Waals surface area contributed by atoms with Crippen LogP contribution in [0.1, 0.15) is 0 Å². The molecule has 36 heavy (non-hydrogen) atoms. The lowest BCUT2D eigenvalue weighted by molar-refractivity contribution is -0.117. The van der Waals surface area contributed by atoms with Gasteiger partial charge in [0.25, 0.3) is 0 Å². The van der Waals surface area contributed by atoms with Gasteiger partial charge in [0.15, 0.2) is 11.5 Å². The van der Waals surface area contributed by atoms with Gasteiger partial charge in [-0.15, -0.1) is 10.2 Å². The van der Waals surface area contributed by atoms with Crippen LogP contribution in [0.3, 0.4) is 0 Å². The van der Waals surface area contributed by atoms with Crippen molar-refractivity contribution in [3.05, 3.63) is 78.9 Å². The van der Waals surface area contributed by atoms with Gasteiger partial charge in [0.05, 0.1) is 5.75 Å². The predicted octanol–water partition coefficient (Wildman–Crippen LogP) is 4.42. The standard InChI is InChI=1S/C26H21N5O4S/c32-22(28-25(33)27-19-11-12-20-21(15-19)35-14-13-34-20)16-36-26-29-23(17-7-3-1-4-8-17)24(30-31-26)18-9-5-2-6-10-18/h1-12,15H,13-14,16H2,(H2,27,28,32,33). The van der Waals surface area contributed by atoms with Gasteiger partial charge >= 0.3 is 6.03 Å². The summed E-state index contributed by atoms with van der Waals surface area (Å²) < 4.78 is 11.0. The first-order valence-electron chi connectivity index (χ1n) is 11.1. The minimum atomic E-state index is -0.652. The third-order valence-electron chi connectivity index (χ3n) is 5.15. The maximum atomic E-state index is 12.4. The van der Waals surface area contributed by atoms with Crippen molar-refractivity contribution in [2.24, 2.45) is 0 Å². The van der Waals surface area contributed by atoms with E-state index in [-0.39, 0.29) is 5.75 Å². The molecule has 10 heteroatoms. The SMILES string of the molecule is O=C(CSc1nnc(-c2ccccc2)c(-c2ccccc2)n1)NC(=O)Nc1ccc2c(c1)OCCO2. The summed E-state index contributed by atoms with van der Waals surface area (Å²) in [6, 6.07) is 23.7. The summed E-state index contributed by atoms with van der Waals surface area (Å²) in [5.41, 5.74) is 3.57. The van der Waals surface area contributed by atoms with Crippen LogP contribution in [-0.2, 0) is 4.79 Å². The van der Waals surface area contributed by atoms with Crippen molar-refractivity contribution in [2.45, 2.75) is 5.16 Å². The van der Waals surface area contributed by atoms with Gasteiger partial charge in [-0.25, -0.2) is 9.78 Å². The molecule has 0 radical (unpaired) electrons. The summed E-state index contributed by atoms with van der Waals surface area (Å²) in [5, 5.41) is 13.8. The van der Waals surface area contributed by atoms with Crippen molar-refractivity contribution in [1.29, 1.82) is 0 Å². The Hall–Kier alpha value is -4.44. The highest BCUT2D eigenvalue weighted by Crippen LogP contribution is 2.32. The molecule has 0 aliphatic carbocycles. The highest BCUT2D eigenvalue weighted by Gasteiger charge is 2.16. The first kappa shape index (κ1) is 23.3. The van der Waals surface area contributed by atoms with Crippen molar-refractivity contribution in [3.63, 3.8) is 0 Å². The van der Waals surface area contributed by atoms with E-state index in [2.05, 4.69) is 25.8 Å². The molecule has 4 aromatic rings. The number of aromatic nitrogens is 3. The average Bonchev–Trinajstić information content (AvgIpc) is 2.92. The number of benzene rings is 3. The number of hydrogen-bond acceptors (Lipinski definition) is 8. The number of amides is 3. The fraction of sp³-hybridized carbons (Fsp3) is 0.115. The van der Waals surface area contributed by atoms with Gasteiger partial charge in [-0.05, 0) is 12.1 Å². The molecular weight excluding hydrogens is 478 g/mol. The number of nitrogens with one attached hydrogen (secondary N) is 2. The summed E-state index contributed by atoms with van der Waals surface area (Å²) >= 11 is 1.09. The fourth-order valence-corrected chi connectivity index (χ4v) is 4.12. The Kier molecular flexibility index (Phi) is 7.04. The maximum absolute atomic E-state index is 12.4. The lowest BCUT2D eigenvalue weighted by Gasteiger charge is -2.19. The lowest BCUT2D eigenvalue weighted by atomic mass is 10.0. The van der Waals surface area contributed by atoms with E-state index in [4.69, 9.17) is 9.47 Å². The Morgan fingerprint density at radius 2 is 1.47 bits per heavy atom. The van der Waals surface area contributed by atoms with Crippen LogP contribution in [-0.4, -0.2) is 46.1 Å². The van der Waals surface area contributed by atoms with Crippen molar-refractivity contribution >= 4 is 29.4 Å². The molecule has 180 valence electrons. The Morgan fingerprint density at radius 1 is 0.806 bits per heavy atom. The molecule has 1 aromatic heterocycles. The molecule has 1 aliphatic rings. The maximum Gasteiger partial charge on any atom is 0.325 e. The topological polar surface area (TPSA) is 115 Å². The van der Waals surface area contributed by atoms with Crippen LogP contribution in [0.5, 0.6) is 11.5 Å². The molecule has 0 unspecified atom stereocenters. The number of thioether (sulfide) groups is 1. The van der Waals surface area contributed by atoms with Crippen LogP contribution in [0, 0.1) is 0 Å². The van der Waals surface area contributed by atoms with Gasteiger partial charge in [0, 0.05) is 22.9 Å². The van der Waals surface area contributed by atoms with Crippen molar-refractivity contribution in [1.82, 2.24) is 20.5 Å². The van der Waals surface area contributed by atoms with Crippen molar-refractivity contribution < 1.29 is 19.1 Å². The number of nitrogens with zero attached hydrogens (tertiary/aromatic N) is 3. The summed E-state index contributed by atoms with van der Waals surface area (Å²) in [7, 11) is 0. The molecular formula is C26H21N5O4S. The number of fused-ring (bicyclic) bond motifs is 1. The van der Waals surface area contributed by atoms with Crippen LogP contribution < -0.4 is 20.1 Å². The first-order chi connectivity index (χ1) is 17.7. The molecule has 2 N–H and O–H groups in total.